The molecule has 1 heterocycles. The third kappa shape index (κ3) is 4.20. The maximum absolute atomic E-state index is 13.7. The van der Waals surface area contributed by atoms with Crippen molar-refractivity contribution in [3.8, 4) is 11.5 Å². The molecule has 0 fully saturated rings. The summed E-state index contributed by atoms with van der Waals surface area (Å²) in [5.74, 6) is 0.585. The molecule has 168 valence electrons. The van der Waals surface area contributed by atoms with Gasteiger partial charge in [-0.25, -0.2) is 0 Å². The van der Waals surface area contributed by atoms with E-state index in [1.807, 2.05) is 84.6 Å². The van der Waals surface area contributed by atoms with Crippen molar-refractivity contribution < 1.29 is 19.1 Å². The summed E-state index contributed by atoms with van der Waals surface area (Å²) in [6, 6.07) is 24.2. The van der Waals surface area contributed by atoms with Crippen LogP contribution in [-0.2, 0) is 16.1 Å². The summed E-state index contributed by atoms with van der Waals surface area (Å²) < 4.78 is 10.8. The predicted molar refractivity (Wildman–Crippen MR) is 128 cm³/mol. The van der Waals surface area contributed by atoms with E-state index in [0.29, 0.717) is 34.9 Å². The first kappa shape index (κ1) is 22.1. The monoisotopic (exact) mass is 442 g/mol. The number of benzene rings is 3. The van der Waals surface area contributed by atoms with Gasteiger partial charge < -0.3 is 14.4 Å². The van der Waals surface area contributed by atoms with Gasteiger partial charge in [-0.05, 0) is 42.8 Å². The number of carbonyl (C=O) groups is 2. The molecule has 3 aromatic rings. The lowest BCUT2D eigenvalue weighted by Gasteiger charge is -2.25. The van der Waals surface area contributed by atoms with Gasteiger partial charge in [0.25, 0.3) is 11.8 Å². The number of hydrogen-bond acceptors (Lipinski definition) is 5. The number of hydrogen-bond donors (Lipinski definition) is 0. The topological polar surface area (TPSA) is 59.1 Å². The Morgan fingerprint density at radius 1 is 0.788 bits per heavy atom. The smallest absolute Gasteiger partial charge is 0.278 e. The van der Waals surface area contributed by atoms with Crippen molar-refractivity contribution in [3.05, 3.63) is 95.7 Å². The molecule has 6 heteroatoms. The highest BCUT2D eigenvalue weighted by Gasteiger charge is 2.42. The van der Waals surface area contributed by atoms with E-state index in [1.165, 1.54) is 4.90 Å². The number of likely N-dealkylation sites (N-methyl/N-ethyl adjacent to an activating group) is 1. The molecule has 1 aliphatic heterocycles. The van der Waals surface area contributed by atoms with Crippen LogP contribution in [0.2, 0.25) is 0 Å². The number of methoxy groups -OCH3 is 2. The lowest BCUT2D eigenvalue weighted by atomic mass is 10.0. The minimum Gasteiger partial charge on any atom is -0.497 e. The van der Waals surface area contributed by atoms with E-state index in [0.717, 1.165) is 11.3 Å². The molecule has 33 heavy (non-hydrogen) atoms. The third-order valence-corrected chi connectivity index (χ3v) is 5.67. The fraction of sp³-hybridized carbons (Fsp3) is 0.185. The molecule has 0 atom stereocenters. The van der Waals surface area contributed by atoms with Crippen LogP contribution in [0, 0.1) is 0 Å². The number of amides is 2. The fourth-order valence-electron chi connectivity index (χ4n) is 4.04. The summed E-state index contributed by atoms with van der Waals surface area (Å²) in [4.78, 5) is 30.6. The second-order valence-corrected chi connectivity index (χ2v) is 7.55. The largest absolute Gasteiger partial charge is 0.497 e. The van der Waals surface area contributed by atoms with Gasteiger partial charge in [-0.15, -0.1) is 0 Å². The molecular weight excluding hydrogens is 416 g/mol. The van der Waals surface area contributed by atoms with E-state index < -0.39 is 0 Å². The molecule has 2 amide bonds. The molecule has 0 unspecified atom stereocenters. The summed E-state index contributed by atoms with van der Waals surface area (Å²) >= 11 is 0. The van der Waals surface area contributed by atoms with Crippen LogP contribution in [0.25, 0.3) is 5.57 Å². The van der Waals surface area contributed by atoms with Gasteiger partial charge in [0.15, 0.2) is 0 Å². The number of imide groups is 1. The van der Waals surface area contributed by atoms with Crippen LogP contribution >= 0.6 is 0 Å². The van der Waals surface area contributed by atoms with Gasteiger partial charge in [0.05, 0.1) is 26.3 Å². The number of nitrogens with zero attached hydrogens (tertiary/aromatic N) is 2. The Hall–Kier alpha value is -4.06. The van der Waals surface area contributed by atoms with E-state index in [4.69, 9.17) is 9.47 Å². The fourth-order valence-corrected chi connectivity index (χ4v) is 4.04. The first-order chi connectivity index (χ1) is 16.1. The van der Waals surface area contributed by atoms with Gasteiger partial charge in [-0.2, -0.15) is 0 Å². The van der Waals surface area contributed by atoms with Gasteiger partial charge in [-0.1, -0.05) is 48.5 Å². The standard InChI is InChI=1S/C27H26N2O4/c1-4-28(20-10-6-5-7-11-20)25-24(22-12-8-9-13-23(22)33-3)26(30)29(27(25)31)18-19-14-16-21(32-2)17-15-19/h5-17H,4,18H2,1-3H3. The second kappa shape index (κ2) is 9.61. The highest BCUT2D eigenvalue weighted by Crippen LogP contribution is 2.38. The maximum Gasteiger partial charge on any atom is 0.278 e. The van der Waals surface area contributed by atoms with Crippen LogP contribution in [-0.4, -0.2) is 37.5 Å². The molecule has 3 aromatic carbocycles. The Balaban J connectivity index is 1.82. The molecule has 6 nitrogen and oxygen atoms in total. The minimum absolute atomic E-state index is 0.163. The molecule has 1 aliphatic rings. The number of carbonyl (C=O) groups excluding carboxylic acids is 2. The Morgan fingerprint density at radius 3 is 2.09 bits per heavy atom. The molecule has 0 radical (unpaired) electrons. The molecule has 0 spiro atoms. The molecule has 0 aliphatic carbocycles. The highest BCUT2D eigenvalue weighted by molar-refractivity contribution is 6.37. The van der Waals surface area contributed by atoms with Crippen molar-refractivity contribution >= 4 is 23.1 Å². The summed E-state index contributed by atoms with van der Waals surface area (Å²) in [6.45, 7) is 2.65. The molecule has 4 rings (SSSR count). The van der Waals surface area contributed by atoms with Crippen LogP contribution in [0.5, 0.6) is 11.5 Å². The lowest BCUT2D eigenvalue weighted by molar-refractivity contribution is -0.137. The quantitative estimate of drug-likeness (QED) is 0.481. The van der Waals surface area contributed by atoms with Crippen LogP contribution in [0.3, 0.4) is 0 Å². The van der Waals surface area contributed by atoms with Crippen LogP contribution < -0.4 is 14.4 Å². The Labute approximate surface area is 193 Å². The van der Waals surface area contributed by atoms with Gasteiger partial charge in [0, 0.05) is 17.8 Å². The van der Waals surface area contributed by atoms with Crippen molar-refractivity contribution in [1.82, 2.24) is 4.90 Å². The normalized spacial score (nSPS) is 13.5. The zero-order valence-corrected chi connectivity index (χ0v) is 18.9. The molecule has 0 bridgehead atoms. The predicted octanol–water partition coefficient (Wildman–Crippen LogP) is 4.51. The van der Waals surface area contributed by atoms with Gasteiger partial charge in [-0.3, -0.25) is 14.5 Å². The number of para-hydroxylation sites is 2. The third-order valence-electron chi connectivity index (χ3n) is 5.67. The van der Waals surface area contributed by atoms with Gasteiger partial charge in [0.1, 0.15) is 17.2 Å². The molecule has 0 saturated heterocycles. The number of ether oxygens (including phenoxy) is 2. The molecular formula is C27H26N2O4. The Kier molecular flexibility index (Phi) is 6.45. The lowest BCUT2D eigenvalue weighted by Crippen LogP contribution is -2.34. The molecule has 0 aromatic heterocycles. The summed E-state index contributed by atoms with van der Waals surface area (Å²) in [7, 11) is 3.16. The number of anilines is 1. The van der Waals surface area contributed by atoms with Crippen LogP contribution in [0.15, 0.2) is 84.6 Å². The van der Waals surface area contributed by atoms with E-state index in [1.54, 1.807) is 20.3 Å². The van der Waals surface area contributed by atoms with E-state index in [9.17, 15) is 9.59 Å². The van der Waals surface area contributed by atoms with Crippen LogP contribution in [0.4, 0.5) is 5.69 Å². The van der Waals surface area contributed by atoms with E-state index >= 15 is 0 Å². The van der Waals surface area contributed by atoms with Gasteiger partial charge in [0.2, 0.25) is 0 Å². The Bertz CT molecular complexity index is 1190. The van der Waals surface area contributed by atoms with Crippen molar-refractivity contribution in [2.75, 3.05) is 25.7 Å². The van der Waals surface area contributed by atoms with E-state index in [2.05, 4.69) is 0 Å². The average molecular weight is 443 g/mol. The second-order valence-electron chi connectivity index (χ2n) is 7.55. The molecule has 0 N–H and O–H groups in total. The first-order valence-electron chi connectivity index (χ1n) is 10.8. The summed E-state index contributed by atoms with van der Waals surface area (Å²) in [5.41, 5.74) is 2.97. The average Bonchev–Trinajstić information content (AvgIpc) is 3.10. The van der Waals surface area contributed by atoms with E-state index in [-0.39, 0.29) is 18.4 Å². The zero-order valence-electron chi connectivity index (χ0n) is 18.9. The van der Waals surface area contributed by atoms with Gasteiger partial charge >= 0.3 is 0 Å². The number of rotatable bonds is 8. The van der Waals surface area contributed by atoms with Crippen LogP contribution in [0.1, 0.15) is 18.1 Å². The minimum atomic E-state index is -0.343. The summed E-state index contributed by atoms with van der Waals surface area (Å²) in [6.07, 6.45) is 0. The van der Waals surface area contributed by atoms with Crippen molar-refractivity contribution in [3.63, 3.8) is 0 Å². The first-order valence-corrected chi connectivity index (χ1v) is 10.8. The summed E-state index contributed by atoms with van der Waals surface area (Å²) in [5, 5.41) is 0. The highest BCUT2D eigenvalue weighted by atomic mass is 16.5. The maximum atomic E-state index is 13.7. The zero-order chi connectivity index (χ0) is 23.4. The Morgan fingerprint density at radius 2 is 1.45 bits per heavy atom. The SMILES string of the molecule is CCN(C1=C(c2ccccc2OC)C(=O)N(Cc2ccc(OC)cc2)C1=O)c1ccccc1. The van der Waals surface area contributed by atoms with Crippen molar-refractivity contribution in [2.45, 2.75) is 13.5 Å². The van der Waals surface area contributed by atoms with Crippen molar-refractivity contribution in [2.24, 2.45) is 0 Å². The molecule has 0 saturated carbocycles. The van der Waals surface area contributed by atoms with Crippen molar-refractivity contribution in [1.29, 1.82) is 0 Å².